The summed E-state index contributed by atoms with van der Waals surface area (Å²) in [6.45, 7) is 4.13. The van der Waals surface area contributed by atoms with Crippen LogP contribution in [0.3, 0.4) is 0 Å². The van der Waals surface area contributed by atoms with Gasteiger partial charge < -0.3 is 15.0 Å². The zero-order chi connectivity index (χ0) is 12.8. The quantitative estimate of drug-likeness (QED) is 0.716. The molecule has 0 aromatic rings. The van der Waals surface area contributed by atoms with E-state index in [4.69, 9.17) is 4.74 Å². The van der Waals surface area contributed by atoms with E-state index in [-0.39, 0.29) is 17.7 Å². The minimum atomic E-state index is -0.526. The highest BCUT2D eigenvalue weighted by Crippen LogP contribution is 2.14. The van der Waals surface area contributed by atoms with E-state index in [9.17, 15) is 14.4 Å². The van der Waals surface area contributed by atoms with E-state index in [1.165, 1.54) is 4.90 Å². The monoisotopic (exact) mass is 260 g/mol. The van der Waals surface area contributed by atoms with Crippen LogP contribution in [0.2, 0.25) is 0 Å². The first-order valence-electron chi connectivity index (χ1n) is 5.46. The summed E-state index contributed by atoms with van der Waals surface area (Å²) in [6.07, 6.45) is 0. The number of nitrogens with zero attached hydrogens (tertiary/aromatic N) is 1. The predicted octanol–water partition coefficient (Wildman–Crippen LogP) is 0.223. The van der Waals surface area contributed by atoms with Crippen LogP contribution in [-0.2, 0) is 14.3 Å². The lowest BCUT2D eigenvalue weighted by molar-refractivity contribution is -0.149. The van der Waals surface area contributed by atoms with Crippen molar-refractivity contribution in [1.29, 1.82) is 0 Å². The molecule has 7 heteroatoms. The summed E-state index contributed by atoms with van der Waals surface area (Å²) in [7, 11) is 0. The number of ether oxygens (including phenoxy) is 1. The molecule has 0 aromatic carbocycles. The molecule has 2 amide bonds. The van der Waals surface area contributed by atoms with Gasteiger partial charge in [-0.1, -0.05) is 11.8 Å². The number of thioether (sulfide) groups is 1. The normalized spacial score (nSPS) is 18.7. The Morgan fingerprint density at radius 2 is 2.24 bits per heavy atom. The van der Waals surface area contributed by atoms with Gasteiger partial charge in [0.15, 0.2) is 0 Å². The van der Waals surface area contributed by atoms with Crippen molar-refractivity contribution in [2.75, 3.05) is 25.4 Å². The van der Waals surface area contributed by atoms with Crippen molar-refractivity contribution in [3.63, 3.8) is 0 Å². The molecule has 6 nitrogen and oxygen atoms in total. The molecule has 0 aliphatic carbocycles. The Hall–Kier alpha value is -1.24. The summed E-state index contributed by atoms with van der Waals surface area (Å²) in [4.78, 5) is 35.6. The molecule has 0 aromatic heterocycles. The van der Waals surface area contributed by atoms with Crippen molar-refractivity contribution in [2.24, 2.45) is 0 Å². The molecular formula is C10H16N2O4S. The van der Waals surface area contributed by atoms with Crippen molar-refractivity contribution in [2.45, 2.75) is 19.9 Å². The first-order chi connectivity index (χ1) is 8.08. The molecule has 96 valence electrons. The van der Waals surface area contributed by atoms with Gasteiger partial charge in [0.1, 0.15) is 12.6 Å². The van der Waals surface area contributed by atoms with Gasteiger partial charge in [-0.3, -0.25) is 14.4 Å². The third-order valence-corrected chi connectivity index (χ3v) is 3.17. The third-order valence-electron chi connectivity index (χ3n) is 2.29. The first kappa shape index (κ1) is 13.8. The molecule has 1 fully saturated rings. The molecule has 1 aliphatic heterocycles. The smallest absolute Gasteiger partial charge is 0.325 e. The van der Waals surface area contributed by atoms with E-state index in [0.29, 0.717) is 18.9 Å². The maximum Gasteiger partial charge on any atom is 0.325 e. The van der Waals surface area contributed by atoms with Gasteiger partial charge in [0.05, 0.1) is 6.61 Å². The van der Waals surface area contributed by atoms with Gasteiger partial charge in [0, 0.05) is 12.3 Å². The lowest BCUT2D eigenvalue weighted by Crippen LogP contribution is -2.47. The number of likely N-dealkylation sites (N-methyl/N-ethyl adjacent to an activating group) is 1. The summed E-state index contributed by atoms with van der Waals surface area (Å²) in [6, 6.07) is -0.526. The number of esters is 1. The minimum absolute atomic E-state index is 0.0692. The van der Waals surface area contributed by atoms with Crippen LogP contribution >= 0.6 is 11.8 Å². The Morgan fingerprint density at radius 3 is 2.71 bits per heavy atom. The van der Waals surface area contributed by atoms with Crippen LogP contribution in [0.15, 0.2) is 0 Å². The fourth-order valence-electron chi connectivity index (χ4n) is 1.45. The highest BCUT2D eigenvalue weighted by atomic mass is 32.2. The van der Waals surface area contributed by atoms with Crippen molar-refractivity contribution in [3.8, 4) is 0 Å². The zero-order valence-corrected chi connectivity index (χ0v) is 10.7. The van der Waals surface area contributed by atoms with E-state index in [1.807, 2.05) is 0 Å². The van der Waals surface area contributed by atoms with Crippen molar-refractivity contribution >= 4 is 28.9 Å². The van der Waals surface area contributed by atoms with Crippen LogP contribution in [0.25, 0.3) is 0 Å². The van der Waals surface area contributed by atoms with Crippen LogP contribution < -0.4 is 5.32 Å². The molecule has 0 saturated carbocycles. The Kier molecular flexibility index (Phi) is 5.27. The summed E-state index contributed by atoms with van der Waals surface area (Å²) in [5, 5.41) is 2.36. The first-order valence-corrected chi connectivity index (χ1v) is 6.44. The van der Waals surface area contributed by atoms with Crippen molar-refractivity contribution in [1.82, 2.24) is 10.2 Å². The Labute approximate surface area is 104 Å². The number of amides is 2. The topological polar surface area (TPSA) is 75.7 Å². The second-order valence-electron chi connectivity index (χ2n) is 3.45. The van der Waals surface area contributed by atoms with E-state index in [1.54, 1.807) is 13.8 Å². The van der Waals surface area contributed by atoms with Crippen molar-refractivity contribution in [3.05, 3.63) is 0 Å². The van der Waals surface area contributed by atoms with Crippen LogP contribution in [0.4, 0.5) is 4.79 Å². The molecule has 1 heterocycles. The number of nitrogens with one attached hydrogen (secondary N) is 1. The third kappa shape index (κ3) is 3.92. The van der Waals surface area contributed by atoms with E-state index >= 15 is 0 Å². The average molecular weight is 260 g/mol. The second kappa shape index (κ2) is 6.48. The van der Waals surface area contributed by atoms with E-state index in [2.05, 4.69) is 5.32 Å². The van der Waals surface area contributed by atoms with E-state index in [0.717, 1.165) is 11.8 Å². The molecule has 0 radical (unpaired) electrons. The fraction of sp³-hybridized carbons (Fsp3) is 0.700. The number of hydrogen-bond donors (Lipinski definition) is 1. The molecule has 17 heavy (non-hydrogen) atoms. The van der Waals surface area contributed by atoms with Gasteiger partial charge in [-0.05, 0) is 13.8 Å². The Balaban J connectivity index is 2.52. The fourth-order valence-corrected chi connectivity index (χ4v) is 2.22. The SMILES string of the molecule is CCOC(=O)CN(CC)C(=O)C1CSC(=O)N1. The van der Waals surface area contributed by atoms with Gasteiger partial charge in [0.2, 0.25) is 5.91 Å². The van der Waals surface area contributed by atoms with Crippen LogP contribution in [0, 0.1) is 0 Å². The largest absolute Gasteiger partial charge is 0.465 e. The standard InChI is InChI=1S/C10H16N2O4S/c1-3-12(5-8(13)16-4-2)9(14)7-6-17-10(15)11-7/h7H,3-6H2,1-2H3,(H,11,15). The molecule has 1 N–H and O–H groups in total. The van der Waals surface area contributed by atoms with E-state index < -0.39 is 12.0 Å². The molecule has 1 rings (SSSR count). The number of rotatable bonds is 5. The maximum atomic E-state index is 12.0. The van der Waals surface area contributed by atoms with Gasteiger partial charge in [-0.15, -0.1) is 0 Å². The van der Waals surface area contributed by atoms with Crippen LogP contribution in [-0.4, -0.2) is 53.5 Å². The minimum Gasteiger partial charge on any atom is -0.465 e. The zero-order valence-electron chi connectivity index (χ0n) is 9.89. The molecule has 1 saturated heterocycles. The van der Waals surface area contributed by atoms with Crippen molar-refractivity contribution < 1.29 is 19.1 Å². The lowest BCUT2D eigenvalue weighted by atomic mass is 10.3. The van der Waals surface area contributed by atoms with Gasteiger partial charge >= 0.3 is 5.97 Å². The molecular weight excluding hydrogens is 244 g/mol. The molecule has 1 unspecified atom stereocenters. The predicted molar refractivity (Wildman–Crippen MR) is 63.7 cm³/mol. The second-order valence-corrected chi connectivity index (χ2v) is 4.45. The van der Waals surface area contributed by atoms with Gasteiger partial charge in [-0.2, -0.15) is 0 Å². The van der Waals surface area contributed by atoms with Crippen LogP contribution in [0.5, 0.6) is 0 Å². The number of hydrogen-bond acceptors (Lipinski definition) is 5. The molecule has 0 spiro atoms. The van der Waals surface area contributed by atoms with Gasteiger partial charge in [0.25, 0.3) is 5.24 Å². The number of carbonyl (C=O) groups is 3. The highest BCUT2D eigenvalue weighted by Gasteiger charge is 2.31. The molecule has 1 aliphatic rings. The maximum absolute atomic E-state index is 12.0. The molecule has 1 atom stereocenters. The molecule has 0 bridgehead atoms. The Morgan fingerprint density at radius 1 is 1.53 bits per heavy atom. The summed E-state index contributed by atoms with van der Waals surface area (Å²) >= 11 is 1.08. The lowest BCUT2D eigenvalue weighted by Gasteiger charge is -2.22. The number of carbonyl (C=O) groups excluding carboxylic acids is 3. The Bertz CT molecular complexity index is 321. The van der Waals surface area contributed by atoms with Gasteiger partial charge in [-0.25, -0.2) is 0 Å². The summed E-state index contributed by atoms with van der Waals surface area (Å²) < 4.78 is 4.78. The summed E-state index contributed by atoms with van der Waals surface area (Å²) in [5.74, 6) is -0.254. The highest BCUT2D eigenvalue weighted by molar-refractivity contribution is 8.14. The summed E-state index contributed by atoms with van der Waals surface area (Å²) in [5.41, 5.74) is 0. The average Bonchev–Trinajstić information content (AvgIpc) is 2.72. The van der Waals surface area contributed by atoms with Crippen LogP contribution in [0.1, 0.15) is 13.8 Å².